The van der Waals surface area contributed by atoms with E-state index in [-0.39, 0.29) is 6.67 Å². The molecule has 0 aliphatic rings. The standard InChI is InChI=1S/C12H17N2O5P/c1-9(12(16)20(2,18)19)13-8-14(17)11(15)10-6-4-3-5-7-10/h3-7,9,13,17H,8H2,1-2H3,(H,18,19). The molecule has 0 fully saturated rings. The average Bonchev–Trinajstić information content (AvgIpc) is 2.42. The van der Waals surface area contributed by atoms with Crippen molar-refractivity contribution < 1.29 is 24.3 Å². The van der Waals surface area contributed by atoms with Crippen LogP contribution in [-0.2, 0) is 9.36 Å². The van der Waals surface area contributed by atoms with Gasteiger partial charge in [0.05, 0.1) is 12.7 Å². The summed E-state index contributed by atoms with van der Waals surface area (Å²) in [4.78, 5) is 32.4. The van der Waals surface area contributed by atoms with Crippen molar-refractivity contribution in [3.05, 3.63) is 35.9 Å². The van der Waals surface area contributed by atoms with Crippen LogP contribution in [0, 0.1) is 0 Å². The van der Waals surface area contributed by atoms with Crippen molar-refractivity contribution in [2.45, 2.75) is 13.0 Å². The van der Waals surface area contributed by atoms with Gasteiger partial charge in [0.1, 0.15) is 0 Å². The lowest BCUT2D eigenvalue weighted by atomic mass is 10.2. The zero-order valence-corrected chi connectivity index (χ0v) is 12.1. The first-order chi connectivity index (χ1) is 9.23. The quantitative estimate of drug-likeness (QED) is 0.311. The minimum absolute atomic E-state index is 0.291. The highest BCUT2D eigenvalue weighted by atomic mass is 31.2. The summed E-state index contributed by atoms with van der Waals surface area (Å²) in [6.07, 6.45) is 0. The largest absolute Gasteiger partial charge is 0.339 e. The molecule has 0 bridgehead atoms. The van der Waals surface area contributed by atoms with Gasteiger partial charge in [0.15, 0.2) is 0 Å². The molecule has 0 saturated carbocycles. The molecule has 0 heterocycles. The van der Waals surface area contributed by atoms with Gasteiger partial charge < -0.3 is 4.89 Å². The second kappa shape index (κ2) is 6.76. The first-order valence-corrected chi connectivity index (χ1v) is 7.98. The number of nitrogens with one attached hydrogen (secondary N) is 1. The molecule has 1 aromatic rings. The predicted octanol–water partition coefficient (Wildman–Crippen LogP) is 0.880. The number of hydrogen-bond donors (Lipinski definition) is 3. The molecule has 7 nitrogen and oxygen atoms in total. The number of carbonyl (C=O) groups excluding carboxylic acids is 2. The number of rotatable bonds is 6. The van der Waals surface area contributed by atoms with Crippen LogP contribution < -0.4 is 5.32 Å². The normalized spacial score (nSPS) is 15.2. The van der Waals surface area contributed by atoms with E-state index in [9.17, 15) is 19.4 Å². The lowest BCUT2D eigenvalue weighted by Crippen LogP contribution is -2.43. The fourth-order valence-electron chi connectivity index (χ4n) is 1.47. The third-order valence-corrected chi connectivity index (χ3v) is 3.79. The Balaban J connectivity index is 2.56. The fraction of sp³-hybridized carbons (Fsp3) is 0.333. The molecule has 0 aliphatic carbocycles. The minimum Gasteiger partial charge on any atom is -0.339 e. The lowest BCUT2D eigenvalue weighted by Gasteiger charge is -2.19. The van der Waals surface area contributed by atoms with Crippen LogP contribution >= 0.6 is 7.37 Å². The summed E-state index contributed by atoms with van der Waals surface area (Å²) in [5.74, 6) is -0.638. The molecule has 0 spiro atoms. The molecule has 0 radical (unpaired) electrons. The first kappa shape index (κ1) is 16.5. The maximum absolute atomic E-state index is 11.8. The van der Waals surface area contributed by atoms with E-state index in [1.807, 2.05) is 0 Å². The number of carbonyl (C=O) groups is 2. The second-order valence-electron chi connectivity index (χ2n) is 4.37. The molecule has 1 amide bonds. The van der Waals surface area contributed by atoms with Crippen molar-refractivity contribution in [2.24, 2.45) is 0 Å². The van der Waals surface area contributed by atoms with E-state index in [4.69, 9.17) is 4.89 Å². The summed E-state index contributed by atoms with van der Waals surface area (Å²) in [7, 11) is -3.84. The molecule has 1 aromatic carbocycles. The van der Waals surface area contributed by atoms with Crippen LogP contribution in [0.2, 0.25) is 0 Å². The van der Waals surface area contributed by atoms with Gasteiger partial charge in [0.2, 0.25) is 5.52 Å². The van der Waals surface area contributed by atoms with Crippen molar-refractivity contribution in [3.63, 3.8) is 0 Å². The number of benzene rings is 1. The minimum atomic E-state index is -3.84. The Morgan fingerprint density at radius 3 is 2.40 bits per heavy atom. The van der Waals surface area contributed by atoms with Crippen LogP contribution in [-0.4, -0.2) is 46.0 Å². The van der Waals surface area contributed by atoms with Crippen molar-refractivity contribution in [2.75, 3.05) is 13.3 Å². The molecule has 2 unspecified atom stereocenters. The third-order valence-electron chi connectivity index (χ3n) is 2.58. The van der Waals surface area contributed by atoms with E-state index >= 15 is 0 Å². The summed E-state index contributed by atoms with van der Waals surface area (Å²) in [5, 5.41) is 12.5. The zero-order chi connectivity index (χ0) is 15.3. The average molecular weight is 300 g/mol. The van der Waals surface area contributed by atoms with Crippen LogP contribution in [0.1, 0.15) is 17.3 Å². The van der Waals surface area contributed by atoms with E-state index in [0.29, 0.717) is 10.6 Å². The SMILES string of the molecule is CC(NCN(O)C(=O)c1ccccc1)C(=O)P(C)(=O)O. The smallest absolute Gasteiger partial charge is 0.278 e. The van der Waals surface area contributed by atoms with E-state index in [2.05, 4.69) is 5.32 Å². The highest BCUT2D eigenvalue weighted by Gasteiger charge is 2.28. The zero-order valence-electron chi connectivity index (χ0n) is 11.2. The van der Waals surface area contributed by atoms with Gasteiger partial charge in [-0.1, -0.05) is 18.2 Å². The van der Waals surface area contributed by atoms with Crippen LogP contribution in [0.4, 0.5) is 0 Å². The van der Waals surface area contributed by atoms with E-state index in [1.54, 1.807) is 18.2 Å². The molecule has 0 aliphatic heterocycles. The molecule has 3 N–H and O–H groups in total. The molecule has 110 valence electrons. The van der Waals surface area contributed by atoms with Crippen LogP contribution in [0.15, 0.2) is 30.3 Å². The monoisotopic (exact) mass is 300 g/mol. The van der Waals surface area contributed by atoms with Crippen LogP contribution in [0.3, 0.4) is 0 Å². The van der Waals surface area contributed by atoms with Gasteiger partial charge in [0, 0.05) is 12.2 Å². The highest BCUT2D eigenvalue weighted by molar-refractivity contribution is 7.74. The Morgan fingerprint density at radius 1 is 1.35 bits per heavy atom. The molecular weight excluding hydrogens is 283 g/mol. The summed E-state index contributed by atoms with van der Waals surface area (Å²) in [6.45, 7) is 2.00. The number of amides is 1. The van der Waals surface area contributed by atoms with Gasteiger partial charge in [-0.25, -0.2) is 5.06 Å². The van der Waals surface area contributed by atoms with Crippen molar-refractivity contribution >= 4 is 18.8 Å². The Kier molecular flexibility index (Phi) is 5.59. The molecule has 0 saturated heterocycles. The molecule has 8 heteroatoms. The van der Waals surface area contributed by atoms with Gasteiger partial charge in [-0.2, -0.15) is 0 Å². The van der Waals surface area contributed by atoms with Crippen LogP contribution in [0.25, 0.3) is 0 Å². The van der Waals surface area contributed by atoms with Crippen molar-refractivity contribution in [3.8, 4) is 0 Å². The number of hydroxylamine groups is 2. The molecular formula is C12H17N2O5P. The topological polar surface area (TPSA) is 107 Å². The van der Waals surface area contributed by atoms with Crippen LogP contribution in [0.5, 0.6) is 0 Å². The Morgan fingerprint density at radius 2 is 1.90 bits per heavy atom. The van der Waals surface area contributed by atoms with E-state index in [0.717, 1.165) is 6.66 Å². The first-order valence-electron chi connectivity index (χ1n) is 5.87. The van der Waals surface area contributed by atoms with Gasteiger partial charge in [-0.3, -0.25) is 24.7 Å². The molecule has 0 aromatic heterocycles. The Bertz CT molecular complexity index is 528. The molecule has 1 rings (SSSR count). The van der Waals surface area contributed by atoms with Gasteiger partial charge in [-0.05, 0) is 19.1 Å². The van der Waals surface area contributed by atoms with E-state index in [1.165, 1.54) is 19.1 Å². The predicted molar refractivity (Wildman–Crippen MR) is 72.6 cm³/mol. The summed E-state index contributed by atoms with van der Waals surface area (Å²) in [5.41, 5.74) is -0.572. The summed E-state index contributed by atoms with van der Waals surface area (Å²) < 4.78 is 11.2. The van der Waals surface area contributed by atoms with Gasteiger partial charge >= 0.3 is 0 Å². The third kappa shape index (κ3) is 4.54. The van der Waals surface area contributed by atoms with Crippen molar-refractivity contribution in [1.29, 1.82) is 0 Å². The lowest BCUT2D eigenvalue weighted by molar-refractivity contribution is -0.115. The van der Waals surface area contributed by atoms with Gasteiger partial charge in [-0.15, -0.1) is 0 Å². The molecule has 2 atom stereocenters. The number of hydrogen-bond acceptors (Lipinski definition) is 5. The molecule has 20 heavy (non-hydrogen) atoms. The number of nitrogens with zero attached hydrogens (tertiary/aromatic N) is 1. The highest BCUT2D eigenvalue weighted by Crippen LogP contribution is 2.37. The van der Waals surface area contributed by atoms with Gasteiger partial charge in [0.25, 0.3) is 13.3 Å². The summed E-state index contributed by atoms with van der Waals surface area (Å²) >= 11 is 0. The fourth-order valence-corrected chi connectivity index (χ4v) is 2.28. The summed E-state index contributed by atoms with van der Waals surface area (Å²) in [6, 6.07) is 7.16. The Labute approximate surface area is 116 Å². The van der Waals surface area contributed by atoms with Crippen molar-refractivity contribution in [1.82, 2.24) is 10.4 Å². The maximum atomic E-state index is 11.8. The maximum Gasteiger partial charge on any atom is 0.278 e. The Hall–Kier alpha value is -1.53. The second-order valence-corrected chi connectivity index (χ2v) is 6.57. The van der Waals surface area contributed by atoms with E-state index < -0.39 is 24.8 Å².